The molecule has 3 nitrogen and oxygen atoms in total. The largest absolute Gasteiger partial charge is 0.273 e. The molecule has 0 atom stereocenters. The van der Waals surface area contributed by atoms with E-state index in [4.69, 9.17) is 0 Å². The molecule has 0 aliphatic heterocycles. The molecule has 0 saturated carbocycles. The molecule has 16 heavy (non-hydrogen) atoms. The van der Waals surface area contributed by atoms with E-state index in [1.54, 1.807) is 6.07 Å². The molecule has 0 N–H and O–H groups in total. The number of aryl methyl sites for hydroxylation is 2. The Morgan fingerprint density at radius 3 is 2.75 bits per heavy atom. The van der Waals surface area contributed by atoms with Crippen LogP contribution in [0.15, 0.2) is 28.7 Å². The van der Waals surface area contributed by atoms with E-state index in [1.165, 1.54) is 5.56 Å². The molecule has 0 heterocycles. The number of nitro benzene ring substituents is 1. The average molecular weight is 278 g/mol. The summed E-state index contributed by atoms with van der Waals surface area (Å²) >= 11 is 3.48. The van der Waals surface area contributed by atoms with E-state index < -0.39 is 0 Å². The minimum atomic E-state index is -0.287. The van der Waals surface area contributed by atoms with Crippen molar-refractivity contribution in [1.82, 2.24) is 0 Å². The maximum Gasteiger partial charge on any atom is 0.273 e. The highest BCUT2D eigenvalue weighted by molar-refractivity contribution is 9.10. The Morgan fingerprint density at radius 1 is 1.19 bits per heavy atom. The Kier molecular flexibility index (Phi) is 2.01. The van der Waals surface area contributed by atoms with Crippen molar-refractivity contribution in [2.75, 3.05) is 0 Å². The van der Waals surface area contributed by atoms with E-state index in [1.807, 2.05) is 18.2 Å². The first-order valence-electron chi connectivity index (χ1n) is 5.06. The van der Waals surface area contributed by atoms with Gasteiger partial charge in [-0.1, -0.05) is 22.0 Å². The second-order valence-electron chi connectivity index (χ2n) is 3.95. The normalized spacial score (nSPS) is 13.3. The highest BCUT2D eigenvalue weighted by Crippen LogP contribution is 2.39. The number of hydrogen-bond acceptors (Lipinski definition) is 2. The van der Waals surface area contributed by atoms with E-state index in [0.29, 0.717) is 0 Å². The standard InChI is InChI=1S/C12H8BrNO2/c13-10-5-2-7-1-3-9-11(14(15)16)6-4-8(10)12(7)9/h2,4-6H,1,3H2. The number of rotatable bonds is 1. The van der Waals surface area contributed by atoms with Crippen molar-refractivity contribution < 1.29 is 4.92 Å². The molecule has 80 valence electrons. The topological polar surface area (TPSA) is 43.1 Å². The lowest BCUT2D eigenvalue weighted by molar-refractivity contribution is -0.385. The first kappa shape index (κ1) is 9.78. The van der Waals surface area contributed by atoms with Crippen LogP contribution in [0.5, 0.6) is 0 Å². The molecule has 2 aromatic rings. The van der Waals surface area contributed by atoms with Gasteiger partial charge in [-0.15, -0.1) is 0 Å². The summed E-state index contributed by atoms with van der Waals surface area (Å²) in [4.78, 5) is 10.6. The van der Waals surface area contributed by atoms with Crippen molar-refractivity contribution in [3.05, 3.63) is 50.0 Å². The number of nitrogens with zero attached hydrogens (tertiary/aromatic N) is 1. The first-order valence-corrected chi connectivity index (χ1v) is 5.85. The average Bonchev–Trinajstić information content (AvgIpc) is 2.68. The summed E-state index contributed by atoms with van der Waals surface area (Å²) in [5, 5.41) is 13.1. The van der Waals surface area contributed by atoms with Gasteiger partial charge >= 0.3 is 0 Å². The molecule has 1 aliphatic carbocycles. The lowest BCUT2D eigenvalue weighted by Crippen LogP contribution is -1.93. The SMILES string of the molecule is O=[N+]([O-])c1ccc2c(Br)ccc3c2c1CC3. The van der Waals surface area contributed by atoms with Crippen molar-refractivity contribution >= 4 is 32.4 Å². The summed E-state index contributed by atoms with van der Waals surface area (Å²) in [5.41, 5.74) is 2.36. The van der Waals surface area contributed by atoms with Gasteiger partial charge < -0.3 is 0 Å². The predicted molar refractivity (Wildman–Crippen MR) is 65.7 cm³/mol. The van der Waals surface area contributed by atoms with Gasteiger partial charge in [0.15, 0.2) is 0 Å². The Labute approximate surface area is 100 Å². The molecule has 1 aliphatic rings. The van der Waals surface area contributed by atoms with Crippen molar-refractivity contribution in [2.24, 2.45) is 0 Å². The number of nitro groups is 1. The van der Waals surface area contributed by atoms with Gasteiger partial charge in [-0.25, -0.2) is 0 Å². The minimum absolute atomic E-state index is 0.254. The van der Waals surface area contributed by atoms with Gasteiger partial charge in [0.1, 0.15) is 0 Å². The van der Waals surface area contributed by atoms with E-state index in [9.17, 15) is 10.1 Å². The zero-order valence-electron chi connectivity index (χ0n) is 8.37. The molecular formula is C12H8BrNO2. The molecule has 0 fully saturated rings. The summed E-state index contributed by atoms with van der Waals surface area (Å²) < 4.78 is 1.00. The van der Waals surface area contributed by atoms with Crippen molar-refractivity contribution in [1.29, 1.82) is 0 Å². The molecule has 0 saturated heterocycles. The Hall–Kier alpha value is -1.42. The van der Waals surface area contributed by atoms with E-state index in [2.05, 4.69) is 15.9 Å². The third kappa shape index (κ3) is 1.19. The fraction of sp³-hybridized carbons (Fsp3) is 0.167. The van der Waals surface area contributed by atoms with Crippen LogP contribution in [-0.2, 0) is 12.8 Å². The van der Waals surface area contributed by atoms with Crippen molar-refractivity contribution in [3.8, 4) is 0 Å². The molecule has 3 rings (SSSR count). The number of halogens is 1. The van der Waals surface area contributed by atoms with Crippen LogP contribution >= 0.6 is 15.9 Å². The third-order valence-electron chi connectivity index (χ3n) is 3.14. The molecular weight excluding hydrogens is 270 g/mol. The second-order valence-corrected chi connectivity index (χ2v) is 4.80. The highest BCUT2D eigenvalue weighted by Gasteiger charge is 2.24. The molecule has 0 bridgehead atoms. The van der Waals surface area contributed by atoms with Crippen LogP contribution in [0.4, 0.5) is 5.69 Å². The molecule has 0 aromatic heterocycles. The van der Waals surface area contributed by atoms with Crippen LogP contribution in [0.1, 0.15) is 11.1 Å². The summed E-state index contributed by atoms with van der Waals surface area (Å²) in [7, 11) is 0. The van der Waals surface area contributed by atoms with Gasteiger partial charge in [0.25, 0.3) is 5.69 Å². The molecule has 0 amide bonds. The Morgan fingerprint density at radius 2 is 2.00 bits per heavy atom. The van der Waals surface area contributed by atoms with Gasteiger partial charge in [-0.2, -0.15) is 0 Å². The van der Waals surface area contributed by atoms with Crippen LogP contribution in [-0.4, -0.2) is 4.92 Å². The minimum Gasteiger partial charge on any atom is -0.258 e. The summed E-state index contributed by atoms with van der Waals surface area (Å²) in [6, 6.07) is 7.50. The molecule has 0 spiro atoms. The predicted octanol–water partition coefficient (Wildman–Crippen LogP) is 3.61. The van der Waals surface area contributed by atoms with Crippen LogP contribution in [0.25, 0.3) is 10.8 Å². The molecule has 4 heteroatoms. The van der Waals surface area contributed by atoms with E-state index in [-0.39, 0.29) is 10.6 Å². The van der Waals surface area contributed by atoms with Gasteiger partial charge in [-0.05, 0) is 41.3 Å². The maximum atomic E-state index is 10.9. The lowest BCUT2D eigenvalue weighted by atomic mass is 10.0. The Balaban J connectivity index is 2.47. The zero-order chi connectivity index (χ0) is 11.3. The van der Waals surface area contributed by atoms with Gasteiger partial charge in [-0.3, -0.25) is 10.1 Å². The van der Waals surface area contributed by atoms with Gasteiger partial charge in [0.05, 0.1) is 4.92 Å². The second kappa shape index (κ2) is 3.28. The monoisotopic (exact) mass is 277 g/mol. The number of benzene rings is 2. The molecule has 2 aromatic carbocycles. The van der Waals surface area contributed by atoms with E-state index in [0.717, 1.165) is 33.7 Å². The summed E-state index contributed by atoms with van der Waals surface area (Å²) in [6.45, 7) is 0. The smallest absolute Gasteiger partial charge is 0.258 e. The van der Waals surface area contributed by atoms with Gasteiger partial charge in [0.2, 0.25) is 0 Å². The van der Waals surface area contributed by atoms with Crippen LogP contribution in [0, 0.1) is 10.1 Å². The fourth-order valence-corrected chi connectivity index (χ4v) is 2.90. The van der Waals surface area contributed by atoms with Crippen LogP contribution in [0.2, 0.25) is 0 Å². The fourth-order valence-electron chi connectivity index (χ4n) is 2.44. The summed E-state index contributed by atoms with van der Waals surface area (Å²) in [5.74, 6) is 0. The molecule has 0 unspecified atom stereocenters. The zero-order valence-corrected chi connectivity index (χ0v) is 9.95. The van der Waals surface area contributed by atoms with Gasteiger partial charge in [0, 0.05) is 16.1 Å². The van der Waals surface area contributed by atoms with E-state index >= 15 is 0 Å². The maximum absolute atomic E-state index is 10.9. The molecule has 0 radical (unpaired) electrons. The highest BCUT2D eigenvalue weighted by atomic mass is 79.9. The Bertz CT molecular complexity index is 622. The van der Waals surface area contributed by atoms with Crippen LogP contribution in [0.3, 0.4) is 0 Å². The lowest BCUT2D eigenvalue weighted by Gasteiger charge is -2.04. The quantitative estimate of drug-likeness (QED) is 0.590. The third-order valence-corrected chi connectivity index (χ3v) is 3.83. The first-order chi connectivity index (χ1) is 7.68. The van der Waals surface area contributed by atoms with Crippen molar-refractivity contribution in [3.63, 3.8) is 0 Å². The summed E-state index contributed by atoms with van der Waals surface area (Å²) in [6.07, 6.45) is 1.68. The van der Waals surface area contributed by atoms with Crippen LogP contribution < -0.4 is 0 Å². The number of hydrogen-bond donors (Lipinski definition) is 0. The van der Waals surface area contributed by atoms with Crippen molar-refractivity contribution in [2.45, 2.75) is 12.8 Å².